The summed E-state index contributed by atoms with van der Waals surface area (Å²) in [5.41, 5.74) is 6.41. The number of anilines is 1. The normalized spacial score (nSPS) is 21.1. The van der Waals surface area contributed by atoms with Gasteiger partial charge in [0.15, 0.2) is 0 Å². The van der Waals surface area contributed by atoms with Gasteiger partial charge in [-0.25, -0.2) is 0 Å². The molecule has 0 radical (unpaired) electrons. The average Bonchev–Trinajstić information content (AvgIpc) is 3.10. The molecule has 5 rings (SSSR count). The molecule has 8 nitrogen and oxygen atoms in total. The van der Waals surface area contributed by atoms with Crippen molar-refractivity contribution in [2.75, 3.05) is 32.4 Å². The molecule has 2 aliphatic rings. The number of hydrogen-bond donors (Lipinski definition) is 2. The maximum absolute atomic E-state index is 13.0. The van der Waals surface area contributed by atoms with E-state index in [1.165, 1.54) is 53.2 Å². The number of hydrogen-bond acceptors (Lipinski definition) is 5. The van der Waals surface area contributed by atoms with Gasteiger partial charge in [0.05, 0.1) is 0 Å². The van der Waals surface area contributed by atoms with Crippen molar-refractivity contribution in [2.45, 2.75) is 18.4 Å². The number of piperidine rings is 1. The van der Waals surface area contributed by atoms with Gasteiger partial charge in [-0.1, -0.05) is 6.92 Å². The van der Waals surface area contributed by atoms with E-state index in [9.17, 15) is 18.0 Å². The zero-order valence-electron chi connectivity index (χ0n) is 20.2. The molecule has 1 saturated carbocycles. The van der Waals surface area contributed by atoms with Crippen LogP contribution in [0.3, 0.4) is 0 Å². The summed E-state index contributed by atoms with van der Waals surface area (Å²) in [4.78, 5) is 14.4. The standard InChI is InChI=1S/C16H13F3N6OSe.C8H15N/c1-24-9-10(8-22-24)15(26)21-7-3-4-11-14(27-16(17,18)19)12-5-2-6-13(20)25(12)23-11;1-6-7-3-4-9(2)5-8(6)7/h2,5-6,8-9H,7,20H2,1H3,(H,21,26);6-8H,3-5H2,1-2H3. The third-order valence-corrected chi connectivity index (χ3v) is 8.26. The molecular formula is C24H28F3N7OSe. The molecule has 3 N–H and O–H groups in total. The molecule has 1 saturated heterocycles. The molecule has 0 bridgehead atoms. The Morgan fingerprint density at radius 3 is 2.72 bits per heavy atom. The summed E-state index contributed by atoms with van der Waals surface area (Å²) in [7, 11) is 3.91. The Balaban J connectivity index is 0.000000280. The Morgan fingerprint density at radius 1 is 1.31 bits per heavy atom. The van der Waals surface area contributed by atoms with Crippen LogP contribution < -0.4 is 15.5 Å². The molecule has 192 valence electrons. The van der Waals surface area contributed by atoms with E-state index in [2.05, 4.69) is 46.2 Å². The Bertz CT molecular complexity index is 1310. The van der Waals surface area contributed by atoms with E-state index in [0.717, 1.165) is 17.8 Å². The number of nitrogen functional groups attached to an aromatic ring is 1. The van der Waals surface area contributed by atoms with Crippen LogP contribution in [0.5, 0.6) is 0 Å². The zero-order valence-corrected chi connectivity index (χ0v) is 21.9. The average molecular weight is 566 g/mol. The van der Waals surface area contributed by atoms with Crippen LogP contribution in [0, 0.1) is 29.6 Å². The number of nitrogens with two attached hydrogens (primary N) is 1. The van der Waals surface area contributed by atoms with Crippen molar-refractivity contribution in [3.63, 3.8) is 0 Å². The van der Waals surface area contributed by atoms with Crippen LogP contribution >= 0.6 is 0 Å². The van der Waals surface area contributed by atoms with Crippen molar-refractivity contribution < 1.29 is 18.0 Å². The molecule has 0 aromatic carbocycles. The second-order valence-corrected chi connectivity index (χ2v) is 11.4. The molecule has 4 heterocycles. The maximum atomic E-state index is 13.0. The van der Waals surface area contributed by atoms with Gasteiger partial charge in [-0.05, 0) is 37.8 Å². The van der Waals surface area contributed by atoms with Crippen LogP contribution in [-0.4, -0.2) is 76.9 Å². The van der Waals surface area contributed by atoms with Gasteiger partial charge in [-0.15, -0.1) is 0 Å². The van der Waals surface area contributed by atoms with Gasteiger partial charge in [0, 0.05) is 6.54 Å². The molecule has 12 heteroatoms. The van der Waals surface area contributed by atoms with E-state index < -0.39 is 20.0 Å². The van der Waals surface area contributed by atoms with Crippen LogP contribution in [0.1, 0.15) is 29.4 Å². The summed E-state index contributed by atoms with van der Waals surface area (Å²) in [6.45, 7) is 5.06. The fraction of sp³-hybridized carbons (Fsp3) is 0.458. The first-order valence-corrected chi connectivity index (χ1v) is 13.2. The Labute approximate surface area is 213 Å². The van der Waals surface area contributed by atoms with Crippen molar-refractivity contribution in [1.29, 1.82) is 0 Å². The first-order chi connectivity index (χ1) is 17.0. The van der Waals surface area contributed by atoms with Gasteiger partial charge in [-0.2, -0.15) is 0 Å². The number of fused-ring (bicyclic) bond motifs is 2. The third kappa shape index (κ3) is 6.21. The second-order valence-electron chi connectivity index (χ2n) is 9.10. The van der Waals surface area contributed by atoms with E-state index in [4.69, 9.17) is 5.73 Å². The van der Waals surface area contributed by atoms with Crippen LogP contribution in [0.4, 0.5) is 19.0 Å². The summed E-state index contributed by atoms with van der Waals surface area (Å²) in [5.74, 6) is 8.31. The van der Waals surface area contributed by atoms with Gasteiger partial charge in [0.1, 0.15) is 0 Å². The summed E-state index contributed by atoms with van der Waals surface area (Å²) >= 11 is -1.83. The predicted molar refractivity (Wildman–Crippen MR) is 132 cm³/mol. The minimum absolute atomic E-state index is 0.000789. The van der Waals surface area contributed by atoms with E-state index in [1.807, 2.05) is 0 Å². The number of nitrogens with one attached hydrogen (secondary N) is 1. The van der Waals surface area contributed by atoms with Crippen LogP contribution in [0.15, 0.2) is 30.6 Å². The quantitative estimate of drug-likeness (QED) is 0.370. The molecular weight excluding hydrogens is 538 g/mol. The van der Waals surface area contributed by atoms with Gasteiger partial charge in [-0.3, -0.25) is 0 Å². The summed E-state index contributed by atoms with van der Waals surface area (Å²) < 4.78 is 41.6. The molecule has 1 amide bonds. The number of alkyl halides is 3. The fourth-order valence-electron chi connectivity index (χ4n) is 4.50. The Hall–Kier alpha value is -3.00. The number of aromatic nitrogens is 4. The molecule has 2 fully saturated rings. The number of likely N-dealkylation sites (tertiary alicyclic amines) is 1. The molecule has 3 aromatic rings. The van der Waals surface area contributed by atoms with Crippen LogP contribution in [0.2, 0.25) is 0 Å². The van der Waals surface area contributed by atoms with Crippen molar-refractivity contribution in [3.8, 4) is 11.8 Å². The molecule has 36 heavy (non-hydrogen) atoms. The number of amides is 1. The first-order valence-electron chi connectivity index (χ1n) is 11.5. The third-order valence-electron chi connectivity index (χ3n) is 6.50. The van der Waals surface area contributed by atoms with Gasteiger partial charge in [0.2, 0.25) is 0 Å². The molecule has 3 atom stereocenters. The number of aryl methyl sites for hydroxylation is 1. The zero-order chi connectivity index (χ0) is 26.0. The van der Waals surface area contributed by atoms with Gasteiger partial charge in [0.25, 0.3) is 0 Å². The molecule has 1 aliphatic heterocycles. The summed E-state index contributed by atoms with van der Waals surface area (Å²) in [5, 5.41) is 6.16. The summed E-state index contributed by atoms with van der Waals surface area (Å²) in [6.07, 6.45) is 4.40. The van der Waals surface area contributed by atoms with Crippen molar-refractivity contribution in [2.24, 2.45) is 24.8 Å². The predicted octanol–water partition coefficient (Wildman–Crippen LogP) is 1.48. The first kappa shape index (κ1) is 26.1. The number of rotatable bonds is 3. The number of carbonyl (C=O) groups is 1. The Morgan fingerprint density at radius 2 is 2.08 bits per heavy atom. The number of pyridine rings is 1. The van der Waals surface area contributed by atoms with Crippen LogP contribution in [0.25, 0.3) is 5.52 Å². The number of halogens is 3. The second kappa shape index (κ2) is 10.5. The molecule has 0 spiro atoms. The Kier molecular flexibility index (Phi) is 7.64. The topological polar surface area (TPSA) is 93.5 Å². The SMILES string of the molecule is CC1C2CCN(C)CC12.Cn1cc(C(=O)NCC#Cc2nn3c(N)cccc3c2[Se]C(F)(F)F)cn1. The van der Waals surface area contributed by atoms with Crippen molar-refractivity contribution in [3.05, 3.63) is 41.9 Å². The van der Waals surface area contributed by atoms with Crippen molar-refractivity contribution in [1.82, 2.24) is 29.6 Å². The molecule has 1 aliphatic carbocycles. The van der Waals surface area contributed by atoms with E-state index >= 15 is 0 Å². The van der Waals surface area contributed by atoms with Crippen molar-refractivity contribution >= 4 is 36.7 Å². The number of nitrogens with zero attached hydrogens (tertiary/aromatic N) is 5. The van der Waals surface area contributed by atoms with Gasteiger partial charge < -0.3 is 4.90 Å². The van der Waals surface area contributed by atoms with Crippen LogP contribution in [-0.2, 0) is 7.05 Å². The van der Waals surface area contributed by atoms with E-state index in [0.29, 0.717) is 5.56 Å². The van der Waals surface area contributed by atoms with E-state index in [-0.39, 0.29) is 33.9 Å². The summed E-state index contributed by atoms with van der Waals surface area (Å²) in [6, 6.07) is 4.62. The van der Waals surface area contributed by atoms with Gasteiger partial charge >= 0.3 is 157 Å². The molecule has 3 unspecified atom stereocenters. The fourth-order valence-corrected chi connectivity index (χ4v) is 5.92. The number of carbonyl (C=O) groups excluding carboxylic acids is 1. The molecule has 3 aromatic heterocycles. The van der Waals surface area contributed by atoms with E-state index in [1.54, 1.807) is 13.1 Å². The monoisotopic (exact) mass is 567 g/mol. The minimum atomic E-state index is -4.36.